The van der Waals surface area contributed by atoms with E-state index in [1.165, 1.54) is 23.3 Å². The van der Waals surface area contributed by atoms with Gasteiger partial charge >= 0.3 is 8.56 Å². The third kappa shape index (κ3) is 3.32. The van der Waals surface area contributed by atoms with Crippen LogP contribution in [0, 0.1) is 0 Å². The van der Waals surface area contributed by atoms with Gasteiger partial charge in [-0.2, -0.15) is 0 Å². The van der Waals surface area contributed by atoms with Crippen LogP contribution in [0.1, 0.15) is 27.7 Å². The third-order valence-electron chi connectivity index (χ3n) is 5.18. The summed E-state index contributed by atoms with van der Waals surface area (Å²) in [4.78, 5) is 7.46. The van der Waals surface area contributed by atoms with Gasteiger partial charge < -0.3 is 14.2 Å². The van der Waals surface area contributed by atoms with Crippen LogP contribution in [-0.2, 0) is 0 Å². The first kappa shape index (κ1) is 18.6. The summed E-state index contributed by atoms with van der Waals surface area (Å²) >= 11 is 0. The molecule has 0 aromatic heterocycles. The van der Waals surface area contributed by atoms with Gasteiger partial charge in [-0.25, -0.2) is 0 Å². The molecule has 1 aromatic rings. The standard InChI is InChI=1S/C16H33N3Si2/c1-7-19(20(8-2,9-3)10-4)21(17-5,18-6)16-14-12-11-13-15-16/h11-15,17-18H,7-10H2,1-6H3. The molecule has 0 unspecified atom stereocenters. The van der Waals surface area contributed by atoms with Crippen molar-refractivity contribution in [3.8, 4) is 0 Å². The molecule has 0 heterocycles. The second-order valence-electron chi connectivity index (χ2n) is 5.61. The lowest BCUT2D eigenvalue weighted by atomic mass is 10.4. The second kappa shape index (κ2) is 8.24. The first-order valence-electron chi connectivity index (χ1n) is 8.31. The average molecular weight is 324 g/mol. The Morgan fingerprint density at radius 2 is 1.33 bits per heavy atom. The van der Waals surface area contributed by atoms with Gasteiger partial charge in [0.1, 0.15) is 8.24 Å². The van der Waals surface area contributed by atoms with Gasteiger partial charge in [0.25, 0.3) is 0 Å². The quantitative estimate of drug-likeness (QED) is 0.684. The highest BCUT2D eigenvalue weighted by Crippen LogP contribution is 2.27. The third-order valence-corrected chi connectivity index (χ3v) is 16.8. The first-order chi connectivity index (χ1) is 10.1. The molecule has 0 spiro atoms. The predicted molar refractivity (Wildman–Crippen MR) is 99.5 cm³/mol. The molecule has 0 aliphatic rings. The zero-order valence-corrected chi connectivity index (χ0v) is 16.7. The van der Waals surface area contributed by atoms with Crippen LogP contribution in [0.15, 0.2) is 30.3 Å². The smallest absolute Gasteiger partial charge is 0.310 e. The molecule has 5 heteroatoms. The van der Waals surface area contributed by atoms with Gasteiger partial charge in [-0.1, -0.05) is 58.0 Å². The summed E-state index contributed by atoms with van der Waals surface area (Å²) in [6.07, 6.45) is 0. The molecule has 3 nitrogen and oxygen atoms in total. The summed E-state index contributed by atoms with van der Waals surface area (Å²) in [5, 5.41) is 1.43. The van der Waals surface area contributed by atoms with Crippen LogP contribution < -0.4 is 15.2 Å². The molecule has 1 aromatic carbocycles. The number of hydrogen-bond donors (Lipinski definition) is 2. The number of benzene rings is 1. The molecule has 0 atom stereocenters. The zero-order chi connectivity index (χ0) is 15.9. The summed E-state index contributed by atoms with van der Waals surface area (Å²) in [5.41, 5.74) is 0. The maximum absolute atomic E-state index is 3.73. The molecule has 0 radical (unpaired) electrons. The zero-order valence-electron chi connectivity index (χ0n) is 14.7. The van der Waals surface area contributed by atoms with Crippen molar-refractivity contribution >= 4 is 22.0 Å². The van der Waals surface area contributed by atoms with Crippen molar-refractivity contribution in [1.82, 2.24) is 14.2 Å². The molecule has 1 rings (SSSR count). The lowest BCUT2D eigenvalue weighted by Gasteiger charge is -2.51. The van der Waals surface area contributed by atoms with E-state index in [4.69, 9.17) is 0 Å². The molecule has 0 aliphatic carbocycles. The molecule has 0 fully saturated rings. The molecule has 120 valence electrons. The number of rotatable bonds is 9. The van der Waals surface area contributed by atoms with Crippen LogP contribution in [0.2, 0.25) is 18.1 Å². The Hall–Kier alpha value is -0.466. The molecular formula is C16H33N3Si2. The minimum absolute atomic E-state index is 1.12. The summed E-state index contributed by atoms with van der Waals surface area (Å²) in [5.74, 6) is 0. The van der Waals surface area contributed by atoms with E-state index in [0.29, 0.717) is 0 Å². The van der Waals surface area contributed by atoms with Crippen LogP contribution in [-0.4, -0.2) is 41.7 Å². The number of nitrogens with zero attached hydrogens (tertiary/aromatic N) is 1. The molecule has 0 bridgehead atoms. The lowest BCUT2D eigenvalue weighted by molar-refractivity contribution is 0.593. The van der Waals surface area contributed by atoms with Crippen LogP contribution in [0.5, 0.6) is 0 Å². The van der Waals surface area contributed by atoms with Gasteiger partial charge in [-0.3, -0.25) is 0 Å². The van der Waals surface area contributed by atoms with E-state index >= 15 is 0 Å². The van der Waals surface area contributed by atoms with Crippen molar-refractivity contribution in [3.63, 3.8) is 0 Å². The monoisotopic (exact) mass is 323 g/mol. The van der Waals surface area contributed by atoms with Gasteiger partial charge in [-0.05, 0) is 44.0 Å². The van der Waals surface area contributed by atoms with Crippen LogP contribution in [0.3, 0.4) is 0 Å². The van der Waals surface area contributed by atoms with E-state index < -0.39 is 16.8 Å². The number of hydrogen-bond acceptors (Lipinski definition) is 3. The van der Waals surface area contributed by atoms with Gasteiger partial charge in [0.15, 0.2) is 0 Å². The van der Waals surface area contributed by atoms with Crippen molar-refractivity contribution in [3.05, 3.63) is 30.3 Å². The Kier molecular flexibility index (Phi) is 7.29. The van der Waals surface area contributed by atoms with E-state index in [2.05, 4.69) is 86.3 Å². The van der Waals surface area contributed by atoms with E-state index in [9.17, 15) is 0 Å². The summed E-state index contributed by atoms with van der Waals surface area (Å²) in [6.45, 7) is 10.6. The van der Waals surface area contributed by atoms with Gasteiger partial charge in [0.2, 0.25) is 0 Å². The summed E-state index contributed by atoms with van der Waals surface area (Å²) in [6, 6.07) is 14.9. The lowest BCUT2D eigenvalue weighted by Crippen LogP contribution is -2.83. The second-order valence-corrected chi connectivity index (χ2v) is 14.7. The average Bonchev–Trinajstić information content (AvgIpc) is 2.57. The minimum atomic E-state index is -2.05. The SMILES string of the molecule is CCN([Si](CC)(CC)CC)[Si](NC)(NC)c1ccccc1. The maximum Gasteiger partial charge on any atom is 0.310 e. The van der Waals surface area contributed by atoms with Crippen molar-refractivity contribution in [2.45, 2.75) is 45.8 Å². The fraction of sp³-hybridized carbons (Fsp3) is 0.625. The highest BCUT2D eigenvalue weighted by atomic mass is 28.4. The van der Waals surface area contributed by atoms with Crippen molar-refractivity contribution in [2.24, 2.45) is 0 Å². The Morgan fingerprint density at radius 1 is 0.857 bits per heavy atom. The molecular weight excluding hydrogens is 290 g/mol. The largest absolute Gasteiger partial charge is 0.317 e. The maximum atomic E-state index is 3.73. The Morgan fingerprint density at radius 3 is 1.67 bits per heavy atom. The highest BCUT2D eigenvalue weighted by Gasteiger charge is 2.49. The van der Waals surface area contributed by atoms with Crippen LogP contribution in [0.25, 0.3) is 0 Å². The van der Waals surface area contributed by atoms with Crippen molar-refractivity contribution < 1.29 is 0 Å². The number of nitrogens with one attached hydrogen (secondary N) is 2. The van der Waals surface area contributed by atoms with E-state index in [-0.39, 0.29) is 0 Å². The van der Waals surface area contributed by atoms with Gasteiger partial charge in [0.05, 0.1) is 0 Å². The van der Waals surface area contributed by atoms with Crippen LogP contribution >= 0.6 is 0 Å². The fourth-order valence-corrected chi connectivity index (χ4v) is 15.2. The molecule has 2 N–H and O–H groups in total. The highest BCUT2D eigenvalue weighted by molar-refractivity contribution is 6.96. The van der Waals surface area contributed by atoms with Crippen molar-refractivity contribution in [1.29, 1.82) is 0 Å². The van der Waals surface area contributed by atoms with Gasteiger partial charge in [-0.15, -0.1) is 0 Å². The Balaban J connectivity index is 3.42. The first-order valence-corrected chi connectivity index (χ1v) is 12.8. The summed E-state index contributed by atoms with van der Waals surface area (Å²) in [7, 11) is 0.758. The summed E-state index contributed by atoms with van der Waals surface area (Å²) < 4.78 is 2.87. The molecule has 0 aliphatic heterocycles. The van der Waals surface area contributed by atoms with E-state index in [0.717, 1.165) is 6.54 Å². The molecule has 0 saturated carbocycles. The topological polar surface area (TPSA) is 27.3 Å². The normalized spacial score (nSPS) is 12.9. The van der Waals surface area contributed by atoms with E-state index in [1.807, 2.05) is 0 Å². The molecule has 21 heavy (non-hydrogen) atoms. The Bertz CT molecular complexity index is 395. The Labute approximate surface area is 133 Å². The van der Waals surface area contributed by atoms with Gasteiger partial charge in [0, 0.05) is 0 Å². The molecule has 0 amide bonds. The molecule has 0 saturated heterocycles. The predicted octanol–water partition coefficient (Wildman–Crippen LogP) is 2.60. The van der Waals surface area contributed by atoms with Crippen LogP contribution in [0.4, 0.5) is 0 Å². The van der Waals surface area contributed by atoms with E-state index in [1.54, 1.807) is 0 Å². The minimum Gasteiger partial charge on any atom is -0.317 e. The fourth-order valence-electron chi connectivity index (χ4n) is 3.77. The van der Waals surface area contributed by atoms with Crippen molar-refractivity contribution in [2.75, 3.05) is 20.6 Å².